The Kier molecular flexibility index (Phi) is 3.91. The van der Waals surface area contributed by atoms with Crippen molar-refractivity contribution in [2.45, 2.75) is 33.1 Å². The lowest BCUT2D eigenvalue weighted by Gasteiger charge is -2.14. The minimum absolute atomic E-state index is 0.440. The monoisotopic (exact) mass is 306 g/mol. The number of hydrogen-bond donors (Lipinski definition) is 1. The van der Waals surface area contributed by atoms with Gasteiger partial charge in [-0.15, -0.1) is 0 Å². The van der Waals surface area contributed by atoms with Gasteiger partial charge in [-0.2, -0.15) is 0 Å². The van der Waals surface area contributed by atoms with E-state index in [2.05, 4.69) is 60.2 Å². The van der Waals surface area contributed by atoms with Crippen LogP contribution in [-0.4, -0.2) is 12.0 Å². The molecule has 2 aromatic rings. The molecule has 1 heterocycles. The maximum Gasteiger partial charge on any atom is 0.0758 e. The zero-order valence-corrected chi connectivity index (χ0v) is 12.9. The topological polar surface area (TPSA) is 24.9 Å². The molecule has 0 bridgehead atoms. The van der Waals surface area contributed by atoms with Gasteiger partial charge in [0.05, 0.1) is 5.52 Å². The van der Waals surface area contributed by atoms with Gasteiger partial charge in [-0.25, -0.2) is 0 Å². The van der Waals surface area contributed by atoms with Crippen molar-refractivity contribution in [3.05, 3.63) is 33.9 Å². The van der Waals surface area contributed by atoms with Crippen molar-refractivity contribution in [2.24, 2.45) is 0 Å². The number of halogens is 1. The second-order valence-corrected chi connectivity index (χ2v) is 5.73. The summed E-state index contributed by atoms with van der Waals surface area (Å²) in [5.74, 6) is 0.440. The summed E-state index contributed by atoms with van der Waals surface area (Å²) in [6, 6.07) is 6.45. The third-order valence-corrected chi connectivity index (χ3v) is 3.68. The summed E-state index contributed by atoms with van der Waals surface area (Å²) in [5.41, 5.74) is 4.71. The third-order valence-electron chi connectivity index (χ3n) is 3.22. The number of nitrogens with one attached hydrogen (secondary N) is 1. The summed E-state index contributed by atoms with van der Waals surface area (Å²) in [7, 11) is 1.96. The van der Waals surface area contributed by atoms with E-state index in [1.807, 2.05) is 7.05 Å². The number of aromatic nitrogens is 1. The fourth-order valence-corrected chi connectivity index (χ4v) is 2.66. The van der Waals surface area contributed by atoms with Gasteiger partial charge in [0.25, 0.3) is 0 Å². The summed E-state index contributed by atoms with van der Waals surface area (Å²) in [4.78, 5) is 4.83. The molecule has 0 aliphatic carbocycles. The molecular formula is C15H19BrN2. The molecule has 0 saturated carbocycles. The molecule has 0 atom stereocenters. The molecule has 0 aliphatic heterocycles. The van der Waals surface area contributed by atoms with E-state index in [4.69, 9.17) is 4.98 Å². The average Bonchev–Trinajstić information content (AvgIpc) is 2.36. The molecule has 2 rings (SSSR count). The molecule has 1 N–H and O–H groups in total. The van der Waals surface area contributed by atoms with Gasteiger partial charge in [0.2, 0.25) is 0 Å². The first kappa shape index (κ1) is 13.3. The molecule has 3 heteroatoms. The van der Waals surface area contributed by atoms with Gasteiger partial charge >= 0.3 is 0 Å². The average molecular weight is 307 g/mol. The summed E-state index contributed by atoms with van der Waals surface area (Å²) >= 11 is 3.58. The van der Waals surface area contributed by atoms with Crippen LogP contribution >= 0.6 is 15.9 Å². The van der Waals surface area contributed by atoms with E-state index in [-0.39, 0.29) is 0 Å². The smallest absolute Gasteiger partial charge is 0.0758 e. The Balaban J connectivity index is 2.82. The SMILES string of the molecule is CCc1cc(Br)cc2c(NC)cc(C(C)C)nc12. The number of fused-ring (bicyclic) bond motifs is 1. The van der Waals surface area contributed by atoms with Crippen molar-refractivity contribution >= 4 is 32.5 Å². The van der Waals surface area contributed by atoms with Crippen LogP contribution in [0.4, 0.5) is 5.69 Å². The molecule has 1 aromatic carbocycles. The van der Waals surface area contributed by atoms with Crippen molar-refractivity contribution in [3.63, 3.8) is 0 Å². The van der Waals surface area contributed by atoms with Crippen LogP contribution < -0.4 is 5.32 Å². The Morgan fingerprint density at radius 1 is 1.28 bits per heavy atom. The minimum Gasteiger partial charge on any atom is -0.388 e. The lowest BCUT2D eigenvalue weighted by molar-refractivity contribution is 0.829. The molecule has 0 saturated heterocycles. The third kappa shape index (κ3) is 2.37. The maximum absolute atomic E-state index is 4.83. The second kappa shape index (κ2) is 5.27. The fraction of sp³-hybridized carbons (Fsp3) is 0.400. The van der Waals surface area contributed by atoms with Gasteiger partial charge in [-0.1, -0.05) is 36.7 Å². The van der Waals surface area contributed by atoms with Crippen molar-refractivity contribution < 1.29 is 0 Å². The number of benzene rings is 1. The lowest BCUT2D eigenvalue weighted by atomic mass is 10.0. The number of rotatable bonds is 3. The van der Waals surface area contributed by atoms with Crippen molar-refractivity contribution in [1.29, 1.82) is 0 Å². The van der Waals surface area contributed by atoms with Crippen LogP contribution in [0, 0.1) is 0 Å². The van der Waals surface area contributed by atoms with E-state index in [9.17, 15) is 0 Å². The van der Waals surface area contributed by atoms with Crippen LogP contribution in [0.3, 0.4) is 0 Å². The highest BCUT2D eigenvalue weighted by molar-refractivity contribution is 9.10. The number of aryl methyl sites for hydroxylation is 1. The molecule has 0 unspecified atom stereocenters. The highest BCUT2D eigenvalue weighted by atomic mass is 79.9. The molecule has 0 radical (unpaired) electrons. The molecule has 18 heavy (non-hydrogen) atoms. The molecule has 1 aromatic heterocycles. The van der Waals surface area contributed by atoms with Crippen LogP contribution in [0.1, 0.15) is 37.9 Å². The fourth-order valence-electron chi connectivity index (χ4n) is 2.15. The van der Waals surface area contributed by atoms with Crippen LogP contribution in [0.15, 0.2) is 22.7 Å². The Morgan fingerprint density at radius 2 is 2.00 bits per heavy atom. The Morgan fingerprint density at radius 3 is 2.56 bits per heavy atom. The number of anilines is 1. The van der Waals surface area contributed by atoms with Crippen LogP contribution in [-0.2, 0) is 6.42 Å². The Labute approximate surface area is 117 Å². The lowest BCUT2D eigenvalue weighted by Crippen LogP contribution is -2.00. The van der Waals surface area contributed by atoms with Gasteiger partial charge in [-0.3, -0.25) is 4.98 Å². The molecular weight excluding hydrogens is 288 g/mol. The standard InChI is InChI=1S/C15H19BrN2/c1-5-10-6-11(16)7-12-14(17-4)8-13(9(2)3)18-15(10)12/h6-9H,5H2,1-4H3,(H,17,18). The van der Waals surface area contributed by atoms with Gasteiger partial charge in [0, 0.05) is 28.3 Å². The van der Waals surface area contributed by atoms with Gasteiger partial charge < -0.3 is 5.32 Å². The van der Waals surface area contributed by atoms with Gasteiger partial charge in [0.15, 0.2) is 0 Å². The highest BCUT2D eigenvalue weighted by Gasteiger charge is 2.11. The van der Waals surface area contributed by atoms with E-state index in [0.717, 1.165) is 27.8 Å². The highest BCUT2D eigenvalue weighted by Crippen LogP contribution is 2.31. The second-order valence-electron chi connectivity index (χ2n) is 4.81. The zero-order chi connectivity index (χ0) is 13.3. The Hall–Kier alpha value is -1.09. The summed E-state index contributed by atoms with van der Waals surface area (Å²) < 4.78 is 1.11. The summed E-state index contributed by atoms with van der Waals surface area (Å²) in [6.07, 6.45) is 0.994. The zero-order valence-electron chi connectivity index (χ0n) is 11.3. The predicted molar refractivity (Wildman–Crippen MR) is 82.5 cm³/mol. The van der Waals surface area contributed by atoms with Crippen LogP contribution in [0.25, 0.3) is 10.9 Å². The van der Waals surface area contributed by atoms with E-state index in [1.165, 1.54) is 10.9 Å². The molecule has 0 fully saturated rings. The van der Waals surface area contributed by atoms with E-state index < -0.39 is 0 Å². The molecule has 0 spiro atoms. The van der Waals surface area contributed by atoms with Crippen molar-refractivity contribution in [1.82, 2.24) is 4.98 Å². The summed E-state index contributed by atoms with van der Waals surface area (Å²) in [5, 5.41) is 4.47. The van der Waals surface area contributed by atoms with Crippen LogP contribution in [0.5, 0.6) is 0 Å². The first-order valence-corrected chi connectivity index (χ1v) is 7.17. The minimum atomic E-state index is 0.440. The van der Waals surface area contributed by atoms with E-state index in [0.29, 0.717) is 5.92 Å². The van der Waals surface area contributed by atoms with E-state index in [1.54, 1.807) is 0 Å². The van der Waals surface area contributed by atoms with Crippen molar-refractivity contribution in [3.8, 4) is 0 Å². The normalized spacial score (nSPS) is 11.2. The van der Waals surface area contributed by atoms with Gasteiger partial charge in [-0.05, 0) is 36.1 Å². The number of nitrogens with zero attached hydrogens (tertiary/aromatic N) is 1. The quantitative estimate of drug-likeness (QED) is 0.887. The Bertz CT molecular complexity index is 576. The predicted octanol–water partition coefficient (Wildman–Crippen LogP) is 4.72. The van der Waals surface area contributed by atoms with Crippen molar-refractivity contribution in [2.75, 3.05) is 12.4 Å². The first-order valence-electron chi connectivity index (χ1n) is 6.37. The maximum atomic E-state index is 4.83. The summed E-state index contributed by atoms with van der Waals surface area (Å²) in [6.45, 7) is 6.53. The van der Waals surface area contributed by atoms with Gasteiger partial charge in [0.1, 0.15) is 0 Å². The first-order chi connectivity index (χ1) is 8.56. The molecule has 2 nitrogen and oxygen atoms in total. The number of pyridine rings is 1. The van der Waals surface area contributed by atoms with E-state index >= 15 is 0 Å². The largest absolute Gasteiger partial charge is 0.388 e. The molecule has 0 aliphatic rings. The molecule has 96 valence electrons. The number of hydrogen-bond acceptors (Lipinski definition) is 2. The van der Waals surface area contributed by atoms with Crippen LogP contribution in [0.2, 0.25) is 0 Å². The molecule has 0 amide bonds.